The van der Waals surface area contributed by atoms with Gasteiger partial charge in [0.25, 0.3) is 0 Å². The fourth-order valence-electron chi connectivity index (χ4n) is 9.80. The highest BCUT2D eigenvalue weighted by Gasteiger charge is 2.28. The molecule has 1 aliphatic heterocycles. The van der Waals surface area contributed by atoms with E-state index in [1.165, 1.54) is 85.3 Å². The topological polar surface area (TPSA) is 48.0 Å². The number of aromatic nitrogens is 2. The highest BCUT2D eigenvalue weighted by atomic mass is 15.4. The molecule has 4 unspecified atom stereocenters. The third-order valence-corrected chi connectivity index (χ3v) is 12.3. The van der Waals surface area contributed by atoms with Crippen LogP contribution in [0.4, 0.5) is 0 Å². The summed E-state index contributed by atoms with van der Waals surface area (Å²) in [6.07, 6.45) is 24.4. The lowest BCUT2D eigenvalue weighted by atomic mass is 9.85. The van der Waals surface area contributed by atoms with E-state index in [1.807, 2.05) is 0 Å². The van der Waals surface area contributed by atoms with Crippen LogP contribution in [0.2, 0.25) is 0 Å². The molecule has 0 bridgehead atoms. The Balaban J connectivity index is 1.04. The number of fused-ring (bicyclic) bond motifs is 7. The van der Waals surface area contributed by atoms with Gasteiger partial charge >= 0.3 is 0 Å². The predicted octanol–water partition coefficient (Wildman–Crippen LogP) is 9.39. The van der Waals surface area contributed by atoms with Crippen LogP contribution >= 0.6 is 0 Å². The van der Waals surface area contributed by atoms with Crippen molar-refractivity contribution in [2.45, 2.75) is 63.4 Å². The molecule has 6 aromatic rings. The molecule has 0 radical (unpaired) electrons. The number of aryl methyl sites for hydroxylation is 1. The summed E-state index contributed by atoms with van der Waals surface area (Å²) in [4.78, 5) is 0. The second-order valence-electron chi connectivity index (χ2n) is 15.5. The van der Waals surface area contributed by atoms with Crippen molar-refractivity contribution in [1.29, 1.82) is 0 Å². The van der Waals surface area contributed by atoms with Gasteiger partial charge in [-0.1, -0.05) is 133 Å². The van der Waals surface area contributed by atoms with Crippen molar-refractivity contribution in [1.82, 2.24) is 19.8 Å². The Morgan fingerprint density at radius 3 is 2.30 bits per heavy atom. The molecule has 1 saturated heterocycles. The van der Waals surface area contributed by atoms with Crippen molar-refractivity contribution in [3.63, 3.8) is 0 Å². The highest BCUT2D eigenvalue weighted by Crippen LogP contribution is 2.41. The Morgan fingerprint density at radius 2 is 1.43 bits per heavy atom. The number of hydrogen-bond donors (Lipinski definition) is 2. The summed E-state index contributed by atoms with van der Waals surface area (Å²) in [6, 6.07) is 37.5. The maximum Gasteiger partial charge on any atom is 0.0811 e. The second kappa shape index (κ2) is 13.1. The zero-order valence-corrected chi connectivity index (χ0v) is 30.5. The van der Waals surface area contributed by atoms with Gasteiger partial charge < -0.3 is 25.1 Å². The molecular weight excluding hydrogens is 659 g/mol. The summed E-state index contributed by atoms with van der Waals surface area (Å²) >= 11 is 0. The van der Waals surface area contributed by atoms with Gasteiger partial charge in [0, 0.05) is 39.0 Å². The lowest BCUT2D eigenvalue weighted by Crippen LogP contribution is -2.51. The van der Waals surface area contributed by atoms with Crippen LogP contribution in [0.15, 0.2) is 145 Å². The summed E-state index contributed by atoms with van der Waals surface area (Å²) in [5, 5.41) is 18.5. The van der Waals surface area contributed by atoms with Crippen LogP contribution in [0, 0.1) is 5.92 Å². The molecule has 3 heterocycles. The van der Waals surface area contributed by atoms with Crippen molar-refractivity contribution in [2.24, 2.45) is 5.92 Å². The van der Waals surface area contributed by atoms with E-state index in [2.05, 4.69) is 165 Å². The molecule has 0 saturated carbocycles. The molecule has 4 aromatic carbocycles. The van der Waals surface area contributed by atoms with E-state index in [4.69, 9.17) is 5.32 Å². The molecule has 4 aliphatic carbocycles. The minimum absolute atomic E-state index is 0.0188. The number of benzene rings is 4. The second-order valence-corrected chi connectivity index (χ2v) is 15.5. The molecule has 0 amide bonds. The van der Waals surface area contributed by atoms with E-state index < -0.39 is 0 Å². The average molecular weight is 703 g/mol. The summed E-state index contributed by atoms with van der Waals surface area (Å²) in [5.41, 5.74) is 13.3. The first-order valence-electron chi connectivity index (χ1n) is 19.9. The van der Waals surface area contributed by atoms with Crippen LogP contribution in [0.1, 0.15) is 66.8 Å². The predicted molar refractivity (Wildman–Crippen MR) is 222 cm³/mol. The van der Waals surface area contributed by atoms with Gasteiger partial charge in [0.1, 0.15) is 0 Å². The Bertz CT molecular complexity index is 2700. The van der Waals surface area contributed by atoms with Gasteiger partial charge in [-0.05, 0) is 97.6 Å². The molecule has 5 heteroatoms. The van der Waals surface area contributed by atoms with Crippen LogP contribution in [-0.4, -0.2) is 15.3 Å². The SMILES string of the molecule is C1=CC(C2NC(c3ccccc3)[N-]C(c3ccccc3-n3c4c(c5ccccc53)=CC3CC(n5c6c(c7ccccc75)CCCC6)=CC=C3C=4)N2)=CCC1. The average Bonchev–Trinajstić information content (AvgIpc) is 3.75. The number of para-hydroxylation sites is 3. The first kappa shape index (κ1) is 32.0. The molecule has 4 atom stereocenters. The number of allylic oxidation sites excluding steroid dienone is 6. The van der Waals surface area contributed by atoms with Crippen LogP contribution in [0.5, 0.6) is 0 Å². The zero-order chi connectivity index (χ0) is 35.6. The standard InChI is InChI=1S/C49H44N5/c1-3-15-32(16-4-1)47-50-48(33-17-5-2-6-18-33)52-49(51-47)40-22-10-14-26-45(40)54-44-25-13-9-21-39(44)41-30-35-29-36(28-27-34(35)31-46(41)54)53-42-23-11-7-19-37(42)38-20-8-12-24-43(38)53/h1,3-5,7,9-11,13-19,21-23,25-28,30-31,35,47-50,52H,2,6,8,12,20,24,29H2/q-1. The van der Waals surface area contributed by atoms with Gasteiger partial charge in [-0.15, -0.1) is 0 Å². The Morgan fingerprint density at radius 1 is 0.667 bits per heavy atom. The Labute approximate surface area is 316 Å². The smallest absolute Gasteiger partial charge is 0.0811 e. The lowest BCUT2D eigenvalue weighted by Gasteiger charge is -2.51. The Hall–Kier alpha value is -5.46. The monoisotopic (exact) mass is 702 g/mol. The van der Waals surface area contributed by atoms with Gasteiger partial charge in [-0.25, -0.2) is 0 Å². The van der Waals surface area contributed by atoms with Gasteiger partial charge in [0.2, 0.25) is 0 Å². The number of rotatable bonds is 5. The first-order chi connectivity index (χ1) is 26.8. The van der Waals surface area contributed by atoms with Crippen LogP contribution in [0.3, 0.4) is 0 Å². The number of nitrogens with one attached hydrogen (secondary N) is 2. The third-order valence-electron chi connectivity index (χ3n) is 12.3. The number of nitrogens with zero attached hydrogens (tertiary/aromatic N) is 3. The van der Waals surface area contributed by atoms with Crippen molar-refractivity contribution in [3.8, 4) is 5.69 Å². The van der Waals surface area contributed by atoms with Gasteiger partial charge in [-0.2, -0.15) is 0 Å². The van der Waals surface area contributed by atoms with E-state index in [0.29, 0.717) is 5.92 Å². The minimum atomic E-state index is -0.215. The quantitative estimate of drug-likeness (QED) is 0.188. The largest absolute Gasteiger partial charge is 0.624 e. The molecule has 5 aliphatic rings. The van der Waals surface area contributed by atoms with Crippen LogP contribution < -0.4 is 21.2 Å². The molecule has 2 aromatic heterocycles. The summed E-state index contributed by atoms with van der Waals surface area (Å²) in [7, 11) is 0. The van der Waals surface area contributed by atoms with Gasteiger partial charge in [-0.3, -0.25) is 0 Å². The fourth-order valence-corrected chi connectivity index (χ4v) is 9.80. The molecule has 1 fully saturated rings. The molecule has 11 rings (SSSR count). The normalized spacial score (nSPS) is 23.4. The van der Waals surface area contributed by atoms with Crippen molar-refractivity contribution < 1.29 is 0 Å². The van der Waals surface area contributed by atoms with E-state index >= 15 is 0 Å². The van der Waals surface area contributed by atoms with Crippen molar-refractivity contribution in [3.05, 3.63) is 183 Å². The molecule has 266 valence electrons. The maximum atomic E-state index is 5.45. The van der Waals surface area contributed by atoms with E-state index in [-0.39, 0.29) is 18.5 Å². The molecule has 2 N–H and O–H groups in total. The first-order valence-corrected chi connectivity index (χ1v) is 19.9. The minimum Gasteiger partial charge on any atom is -0.624 e. The van der Waals surface area contributed by atoms with Gasteiger partial charge in [0.05, 0.1) is 22.5 Å². The molecule has 54 heavy (non-hydrogen) atoms. The maximum absolute atomic E-state index is 5.45. The van der Waals surface area contributed by atoms with Gasteiger partial charge in [0.15, 0.2) is 0 Å². The summed E-state index contributed by atoms with van der Waals surface area (Å²) < 4.78 is 5.11. The summed E-state index contributed by atoms with van der Waals surface area (Å²) in [5.74, 6) is 0.317. The molecule has 5 nitrogen and oxygen atoms in total. The highest BCUT2D eigenvalue weighted by molar-refractivity contribution is 5.90. The third kappa shape index (κ3) is 5.25. The van der Waals surface area contributed by atoms with Crippen LogP contribution in [-0.2, 0) is 12.8 Å². The Kier molecular flexibility index (Phi) is 7.79. The lowest BCUT2D eigenvalue weighted by molar-refractivity contribution is 0.345. The van der Waals surface area contributed by atoms with Crippen molar-refractivity contribution in [2.75, 3.05) is 0 Å². The molecular formula is C49H44N5-. The van der Waals surface area contributed by atoms with E-state index in [9.17, 15) is 0 Å². The molecule has 0 spiro atoms. The zero-order valence-electron chi connectivity index (χ0n) is 30.5. The van der Waals surface area contributed by atoms with E-state index in [0.717, 1.165) is 31.4 Å². The van der Waals surface area contributed by atoms with Crippen molar-refractivity contribution >= 4 is 39.7 Å². The van der Waals surface area contributed by atoms with Crippen LogP contribution in [0.25, 0.3) is 50.7 Å². The number of hydrogen-bond acceptors (Lipinski definition) is 2. The van der Waals surface area contributed by atoms with E-state index in [1.54, 1.807) is 5.56 Å². The summed E-state index contributed by atoms with van der Waals surface area (Å²) in [6.45, 7) is 0. The fraction of sp³-hybridized carbons (Fsp3) is 0.224.